The average molecular weight is 256 g/mol. The molecule has 2 aliphatic heterocycles. The molecule has 0 bridgehead atoms. The van der Waals surface area contributed by atoms with Crippen LogP contribution in [0.4, 0.5) is 0 Å². The Morgan fingerprint density at radius 3 is 2.42 bits per heavy atom. The summed E-state index contributed by atoms with van der Waals surface area (Å²) in [6.07, 6.45) is -0.259. The lowest BCUT2D eigenvalue weighted by Gasteiger charge is -2.09. The molecule has 0 aromatic heterocycles. The van der Waals surface area contributed by atoms with Crippen LogP contribution in [0.1, 0.15) is 6.92 Å². The van der Waals surface area contributed by atoms with E-state index in [1.54, 1.807) is 0 Å². The van der Waals surface area contributed by atoms with Crippen molar-refractivity contribution in [3.63, 3.8) is 0 Å². The Balaban J connectivity index is 1.91. The van der Waals surface area contributed by atoms with Gasteiger partial charge >= 0.3 is 0 Å². The summed E-state index contributed by atoms with van der Waals surface area (Å²) in [6.45, 7) is 2.13. The Morgan fingerprint density at radius 2 is 1.58 bits per heavy atom. The summed E-state index contributed by atoms with van der Waals surface area (Å²) >= 11 is 0. The number of hydrogen-bond donors (Lipinski definition) is 0. The van der Waals surface area contributed by atoms with E-state index < -0.39 is 0 Å². The monoisotopic (exact) mass is 256 g/mol. The van der Waals surface area contributed by atoms with E-state index in [1.165, 1.54) is 0 Å². The molecule has 96 valence electrons. The largest absolute Gasteiger partial charge is 0.454 e. The standard InChI is InChI=1S/C15H12O4/c1-9-18-13-7-3-5-11(15(13)19-9)10-4-2-6-12-14(10)17-8-16-12/h2-7,9H,8H2,1H3/t9-/m1/s1. The summed E-state index contributed by atoms with van der Waals surface area (Å²) in [6, 6.07) is 11.7. The molecule has 4 nitrogen and oxygen atoms in total. The van der Waals surface area contributed by atoms with Crippen molar-refractivity contribution in [2.24, 2.45) is 0 Å². The summed E-state index contributed by atoms with van der Waals surface area (Å²) < 4.78 is 22.3. The quantitative estimate of drug-likeness (QED) is 0.785. The number of para-hydroxylation sites is 2. The third-order valence-corrected chi connectivity index (χ3v) is 3.24. The van der Waals surface area contributed by atoms with Gasteiger partial charge in [0, 0.05) is 18.1 Å². The van der Waals surface area contributed by atoms with Crippen molar-refractivity contribution in [2.75, 3.05) is 6.79 Å². The van der Waals surface area contributed by atoms with Gasteiger partial charge in [-0.1, -0.05) is 24.3 Å². The zero-order valence-electron chi connectivity index (χ0n) is 10.4. The third-order valence-electron chi connectivity index (χ3n) is 3.24. The molecule has 0 N–H and O–H groups in total. The summed E-state index contributed by atoms with van der Waals surface area (Å²) in [5.41, 5.74) is 1.92. The van der Waals surface area contributed by atoms with Gasteiger partial charge in [0.1, 0.15) is 0 Å². The molecule has 2 aromatic rings. The lowest BCUT2D eigenvalue weighted by atomic mass is 10.0. The second kappa shape index (κ2) is 3.82. The third kappa shape index (κ3) is 1.53. The molecule has 4 heteroatoms. The van der Waals surface area contributed by atoms with Crippen LogP contribution in [0.2, 0.25) is 0 Å². The van der Waals surface area contributed by atoms with Crippen LogP contribution in [0.15, 0.2) is 36.4 Å². The topological polar surface area (TPSA) is 36.9 Å². The van der Waals surface area contributed by atoms with E-state index in [-0.39, 0.29) is 13.1 Å². The van der Waals surface area contributed by atoms with Gasteiger partial charge in [-0.15, -0.1) is 0 Å². The predicted molar refractivity (Wildman–Crippen MR) is 68.7 cm³/mol. The summed E-state index contributed by atoms with van der Waals surface area (Å²) in [5.74, 6) is 3.06. The summed E-state index contributed by atoms with van der Waals surface area (Å²) in [5, 5.41) is 0. The molecule has 4 rings (SSSR count). The van der Waals surface area contributed by atoms with Crippen LogP contribution in [0.5, 0.6) is 23.0 Å². The lowest BCUT2D eigenvalue weighted by Crippen LogP contribution is -2.11. The highest BCUT2D eigenvalue weighted by Crippen LogP contribution is 2.48. The van der Waals surface area contributed by atoms with Gasteiger partial charge in [0.05, 0.1) is 0 Å². The van der Waals surface area contributed by atoms with Gasteiger partial charge in [0.25, 0.3) is 0 Å². The molecule has 0 aliphatic carbocycles. The van der Waals surface area contributed by atoms with E-state index in [2.05, 4.69) is 0 Å². The second-order valence-electron chi connectivity index (χ2n) is 4.48. The molecule has 2 aromatic carbocycles. The van der Waals surface area contributed by atoms with Crippen LogP contribution in [-0.4, -0.2) is 13.1 Å². The van der Waals surface area contributed by atoms with Gasteiger partial charge in [0.15, 0.2) is 23.0 Å². The highest BCUT2D eigenvalue weighted by atomic mass is 16.7. The Bertz CT molecular complexity index is 651. The van der Waals surface area contributed by atoms with E-state index in [0.29, 0.717) is 0 Å². The molecule has 0 saturated heterocycles. The molecule has 0 radical (unpaired) electrons. The number of hydrogen-bond acceptors (Lipinski definition) is 4. The highest BCUT2D eigenvalue weighted by Gasteiger charge is 2.27. The fraction of sp³-hybridized carbons (Fsp3) is 0.200. The predicted octanol–water partition coefficient (Wildman–Crippen LogP) is 3.20. The Hall–Kier alpha value is -2.36. The first-order chi connectivity index (χ1) is 9.33. The van der Waals surface area contributed by atoms with E-state index in [1.807, 2.05) is 43.3 Å². The van der Waals surface area contributed by atoms with Crippen molar-refractivity contribution in [3.8, 4) is 34.1 Å². The molecule has 0 unspecified atom stereocenters. The highest BCUT2D eigenvalue weighted by molar-refractivity contribution is 5.81. The van der Waals surface area contributed by atoms with E-state index in [9.17, 15) is 0 Å². The molecule has 19 heavy (non-hydrogen) atoms. The number of ether oxygens (including phenoxy) is 4. The molecule has 1 atom stereocenters. The van der Waals surface area contributed by atoms with Crippen LogP contribution < -0.4 is 18.9 Å². The lowest BCUT2D eigenvalue weighted by molar-refractivity contribution is 0.0681. The summed E-state index contributed by atoms with van der Waals surface area (Å²) in [7, 11) is 0. The number of rotatable bonds is 1. The molecule has 0 saturated carbocycles. The van der Waals surface area contributed by atoms with E-state index >= 15 is 0 Å². The maximum Gasteiger partial charge on any atom is 0.238 e. The zero-order valence-corrected chi connectivity index (χ0v) is 10.4. The Kier molecular flexibility index (Phi) is 2.12. The van der Waals surface area contributed by atoms with Gasteiger partial charge < -0.3 is 18.9 Å². The van der Waals surface area contributed by atoms with Crippen LogP contribution in [0.3, 0.4) is 0 Å². The molecule has 2 aliphatic rings. The molecule has 0 spiro atoms. The minimum absolute atomic E-state index is 0.259. The Labute approximate surface area is 110 Å². The second-order valence-corrected chi connectivity index (χ2v) is 4.48. The zero-order chi connectivity index (χ0) is 12.8. The fourth-order valence-corrected chi connectivity index (χ4v) is 2.45. The maximum atomic E-state index is 5.73. The minimum atomic E-state index is -0.259. The normalized spacial score (nSPS) is 18.7. The van der Waals surface area contributed by atoms with E-state index in [0.717, 1.165) is 34.1 Å². The Morgan fingerprint density at radius 1 is 0.842 bits per heavy atom. The smallest absolute Gasteiger partial charge is 0.238 e. The maximum absolute atomic E-state index is 5.73. The van der Waals surface area contributed by atoms with Crippen molar-refractivity contribution in [1.29, 1.82) is 0 Å². The van der Waals surface area contributed by atoms with Crippen molar-refractivity contribution >= 4 is 0 Å². The van der Waals surface area contributed by atoms with Crippen LogP contribution in [0.25, 0.3) is 11.1 Å². The van der Waals surface area contributed by atoms with Gasteiger partial charge in [-0.2, -0.15) is 0 Å². The first-order valence-corrected chi connectivity index (χ1v) is 6.18. The van der Waals surface area contributed by atoms with Crippen LogP contribution in [-0.2, 0) is 0 Å². The van der Waals surface area contributed by atoms with Gasteiger partial charge in [-0.25, -0.2) is 0 Å². The first kappa shape index (κ1) is 10.6. The van der Waals surface area contributed by atoms with Crippen LogP contribution in [0, 0.1) is 0 Å². The van der Waals surface area contributed by atoms with Crippen molar-refractivity contribution in [2.45, 2.75) is 13.2 Å². The molecular formula is C15H12O4. The van der Waals surface area contributed by atoms with Crippen molar-refractivity contribution < 1.29 is 18.9 Å². The SMILES string of the molecule is C[C@@H]1Oc2cccc(-c3cccc4c3OCO4)c2O1. The van der Waals surface area contributed by atoms with Gasteiger partial charge in [-0.05, 0) is 12.1 Å². The number of fused-ring (bicyclic) bond motifs is 2. The fourth-order valence-electron chi connectivity index (χ4n) is 2.45. The minimum Gasteiger partial charge on any atom is -0.454 e. The molecule has 0 fully saturated rings. The average Bonchev–Trinajstić information content (AvgIpc) is 3.02. The van der Waals surface area contributed by atoms with Crippen molar-refractivity contribution in [3.05, 3.63) is 36.4 Å². The summed E-state index contributed by atoms with van der Waals surface area (Å²) in [4.78, 5) is 0. The molecule has 2 heterocycles. The van der Waals surface area contributed by atoms with E-state index in [4.69, 9.17) is 18.9 Å². The van der Waals surface area contributed by atoms with Gasteiger partial charge in [0.2, 0.25) is 13.1 Å². The van der Waals surface area contributed by atoms with Crippen molar-refractivity contribution in [1.82, 2.24) is 0 Å². The molecule has 0 amide bonds. The molecular weight excluding hydrogens is 244 g/mol. The van der Waals surface area contributed by atoms with Crippen LogP contribution >= 0.6 is 0 Å². The number of benzene rings is 2. The van der Waals surface area contributed by atoms with Gasteiger partial charge in [-0.3, -0.25) is 0 Å². The first-order valence-electron chi connectivity index (χ1n) is 6.18.